The van der Waals surface area contributed by atoms with Crippen LogP contribution in [0.15, 0.2) is 42.5 Å². The Morgan fingerprint density at radius 1 is 1.00 bits per heavy atom. The molecule has 182 valence electrons. The van der Waals surface area contributed by atoms with Crippen LogP contribution in [-0.2, 0) is 14.3 Å². The number of benzene rings is 2. The van der Waals surface area contributed by atoms with Gasteiger partial charge in [0, 0.05) is 12.0 Å². The van der Waals surface area contributed by atoms with Crippen LogP contribution in [0.5, 0.6) is 11.5 Å². The minimum Gasteiger partial charge on any atom is -0.496 e. The number of anilines is 1. The first-order valence-electron chi connectivity index (χ1n) is 10.9. The number of rotatable bonds is 14. The fraction of sp³-hybridized carbons (Fsp3) is 0.375. The Kier molecular flexibility index (Phi) is 10.5. The molecule has 0 aromatic heterocycles. The zero-order valence-electron chi connectivity index (χ0n) is 19.2. The van der Waals surface area contributed by atoms with Gasteiger partial charge >= 0.3 is 5.97 Å². The van der Waals surface area contributed by atoms with Crippen LogP contribution in [0.4, 0.5) is 11.4 Å². The molecule has 2 aromatic rings. The maximum absolute atomic E-state index is 12.3. The van der Waals surface area contributed by atoms with E-state index in [1.165, 1.54) is 25.3 Å². The monoisotopic (exact) mass is 472 g/mol. The zero-order valence-corrected chi connectivity index (χ0v) is 19.2. The molecule has 0 saturated heterocycles. The minimum atomic E-state index is -0.748. The first kappa shape index (κ1) is 26.3. The number of ether oxygens (including phenoxy) is 3. The van der Waals surface area contributed by atoms with Crippen molar-refractivity contribution in [1.29, 1.82) is 0 Å². The van der Waals surface area contributed by atoms with E-state index in [1.54, 1.807) is 24.3 Å². The Bertz CT molecular complexity index is 1000. The lowest BCUT2D eigenvalue weighted by atomic mass is 10.1. The maximum atomic E-state index is 12.3. The molecule has 0 aliphatic heterocycles. The highest BCUT2D eigenvalue weighted by atomic mass is 16.6. The first-order valence-corrected chi connectivity index (χ1v) is 10.9. The van der Waals surface area contributed by atoms with E-state index in [1.807, 2.05) is 0 Å². The summed E-state index contributed by atoms with van der Waals surface area (Å²) in [5.41, 5.74) is 0.0279. The molecule has 0 saturated carbocycles. The number of hydrogen-bond donors (Lipinski definition) is 1. The number of hydrogen-bond acceptors (Lipinski definition) is 8. The average Bonchev–Trinajstić information content (AvgIpc) is 2.84. The molecule has 34 heavy (non-hydrogen) atoms. The summed E-state index contributed by atoms with van der Waals surface area (Å²) in [6.07, 6.45) is 2.88. The van der Waals surface area contributed by atoms with Gasteiger partial charge in [-0.3, -0.25) is 24.5 Å². The number of amides is 1. The zero-order chi connectivity index (χ0) is 24.9. The van der Waals surface area contributed by atoms with Gasteiger partial charge in [0.2, 0.25) is 0 Å². The van der Waals surface area contributed by atoms with Gasteiger partial charge in [0.15, 0.2) is 12.4 Å². The van der Waals surface area contributed by atoms with Crippen molar-refractivity contribution in [1.82, 2.24) is 0 Å². The van der Waals surface area contributed by atoms with Crippen LogP contribution in [-0.4, -0.2) is 42.9 Å². The van der Waals surface area contributed by atoms with Gasteiger partial charge in [-0.2, -0.15) is 0 Å². The lowest BCUT2D eigenvalue weighted by Gasteiger charge is -2.08. The van der Waals surface area contributed by atoms with Crippen LogP contribution in [0.3, 0.4) is 0 Å². The van der Waals surface area contributed by atoms with Crippen LogP contribution in [0.25, 0.3) is 0 Å². The summed E-state index contributed by atoms with van der Waals surface area (Å²) in [6.45, 7) is 2.09. The van der Waals surface area contributed by atoms with Crippen molar-refractivity contribution in [3.8, 4) is 11.5 Å². The molecule has 10 heteroatoms. The molecule has 0 unspecified atom stereocenters. The Labute approximate surface area is 197 Å². The predicted molar refractivity (Wildman–Crippen MR) is 124 cm³/mol. The van der Waals surface area contributed by atoms with Gasteiger partial charge in [-0.1, -0.05) is 19.8 Å². The Hall–Kier alpha value is -3.95. The number of nitro benzene ring substituents is 1. The molecule has 0 spiro atoms. The predicted octanol–water partition coefficient (Wildman–Crippen LogP) is 4.32. The number of carbonyl (C=O) groups excluding carboxylic acids is 3. The number of nitro groups is 1. The topological polar surface area (TPSA) is 134 Å². The Morgan fingerprint density at radius 2 is 1.71 bits per heavy atom. The van der Waals surface area contributed by atoms with Gasteiger partial charge < -0.3 is 19.5 Å². The molecule has 0 bridgehead atoms. The summed E-state index contributed by atoms with van der Waals surface area (Å²) in [7, 11) is 1.36. The standard InChI is InChI=1S/C24H28N2O8/c1-3-4-5-14-33-18-8-6-17(7-9-18)22(27)12-13-24(29)34-16-23(28)25-20-11-10-19(32-2)15-21(20)26(30)31/h6-11,15H,3-5,12-14,16H2,1-2H3,(H,25,28). The van der Waals surface area contributed by atoms with Gasteiger partial charge in [-0.05, 0) is 42.8 Å². The highest BCUT2D eigenvalue weighted by Gasteiger charge is 2.18. The van der Waals surface area contributed by atoms with E-state index in [-0.39, 0.29) is 35.7 Å². The summed E-state index contributed by atoms with van der Waals surface area (Å²) in [6, 6.07) is 10.6. The number of Topliss-reactive ketones (excluding diaryl/α,β-unsaturated/α-hetero) is 1. The van der Waals surface area contributed by atoms with Crippen molar-refractivity contribution in [2.45, 2.75) is 39.0 Å². The Balaban J connectivity index is 1.76. The smallest absolute Gasteiger partial charge is 0.306 e. The number of carbonyl (C=O) groups is 3. The van der Waals surface area contributed by atoms with Crippen molar-refractivity contribution in [2.75, 3.05) is 25.6 Å². The fourth-order valence-electron chi connectivity index (χ4n) is 2.94. The van der Waals surface area contributed by atoms with E-state index in [2.05, 4.69) is 12.2 Å². The van der Waals surface area contributed by atoms with Gasteiger partial charge in [0.1, 0.15) is 17.2 Å². The van der Waals surface area contributed by atoms with Crippen LogP contribution < -0.4 is 14.8 Å². The van der Waals surface area contributed by atoms with Crippen LogP contribution >= 0.6 is 0 Å². The third kappa shape index (κ3) is 8.53. The SMILES string of the molecule is CCCCCOc1ccc(C(=O)CCC(=O)OCC(=O)Nc2ccc(OC)cc2[N+](=O)[O-])cc1. The summed E-state index contributed by atoms with van der Waals surface area (Å²) in [5, 5.41) is 13.5. The number of ketones is 1. The number of nitrogens with one attached hydrogen (secondary N) is 1. The molecule has 0 radical (unpaired) electrons. The van der Waals surface area contributed by atoms with Crippen molar-refractivity contribution in [2.24, 2.45) is 0 Å². The molecule has 1 amide bonds. The van der Waals surface area contributed by atoms with Crippen LogP contribution in [0.1, 0.15) is 49.4 Å². The van der Waals surface area contributed by atoms with E-state index in [4.69, 9.17) is 14.2 Å². The number of nitrogens with zero attached hydrogens (tertiary/aromatic N) is 1. The Morgan fingerprint density at radius 3 is 2.35 bits per heavy atom. The van der Waals surface area contributed by atoms with Crippen molar-refractivity contribution in [3.63, 3.8) is 0 Å². The minimum absolute atomic E-state index is 0.0557. The average molecular weight is 472 g/mol. The molecule has 0 atom stereocenters. The number of methoxy groups -OCH3 is 1. The van der Waals surface area contributed by atoms with E-state index >= 15 is 0 Å². The molecule has 0 aliphatic carbocycles. The normalized spacial score (nSPS) is 10.3. The number of unbranched alkanes of at least 4 members (excludes halogenated alkanes) is 2. The summed E-state index contributed by atoms with van der Waals surface area (Å²) < 4.78 is 15.4. The molecule has 1 N–H and O–H groups in total. The molecular formula is C24H28N2O8. The van der Waals surface area contributed by atoms with Gasteiger partial charge in [0.25, 0.3) is 11.6 Å². The summed E-state index contributed by atoms with van der Waals surface area (Å²) in [5.74, 6) is -0.788. The number of esters is 1. The quantitative estimate of drug-likeness (QED) is 0.141. The third-order valence-corrected chi connectivity index (χ3v) is 4.79. The third-order valence-electron chi connectivity index (χ3n) is 4.79. The van der Waals surface area contributed by atoms with E-state index in [9.17, 15) is 24.5 Å². The molecular weight excluding hydrogens is 444 g/mol. The lowest BCUT2D eigenvalue weighted by molar-refractivity contribution is -0.384. The highest BCUT2D eigenvalue weighted by Crippen LogP contribution is 2.28. The van der Waals surface area contributed by atoms with E-state index in [0.29, 0.717) is 17.9 Å². The molecule has 2 rings (SSSR count). The van der Waals surface area contributed by atoms with E-state index < -0.39 is 23.4 Å². The summed E-state index contributed by atoms with van der Waals surface area (Å²) >= 11 is 0. The fourth-order valence-corrected chi connectivity index (χ4v) is 2.94. The van der Waals surface area contributed by atoms with Crippen molar-refractivity contribution < 1.29 is 33.5 Å². The molecule has 0 aliphatic rings. The van der Waals surface area contributed by atoms with Gasteiger partial charge in [-0.15, -0.1) is 0 Å². The second kappa shape index (κ2) is 13.6. The largest absolute Gasteiger partial charge is 0.496 e. The van der Waals surface area contributed by atoms with Crippen molar-refractivity contribution in [3.05, 3.63) is 58.1 Å². The van der Waals surface area contributed by atoms with Crippen molar-refractivity contribution >= 4 is 29.0 Å². The lowest BCUT2D eigenvalue weighted by Crippen LogP contribution is -2.21. The summed E-state index contributed by atoms with van der Waals surface area (Å²) in [4.78, 5) is 46.7. The molecule has 2 aromatic carbocycles. The maximum Gasteiger partial charge on any atom is 0.306 e. The van der Waals surface area contributed by atoms with Crippen LogP contribution in [0, 0.1) is 10.1 Å². The second-order valence-corrected chi connectivity index (χ2v) is 7.35. The molecule has 10 nitrogen and oxygen atoms in total. The van der Waals surface area contributed by atoms with Gasteiger partial charge in [-0.25, -0.2) is 0 Å². The first-order chi connectivity index (χ1) is 16.3. The van der Waals surface area contributed by atoms with E-state index in [0.717, 1.165) is 19.3 Å². The van der Waals surface area contributed by atoms with Gasteiger partial charge in [0.05, 0.1) is 31.1 Å². The molecule has 0 heterocycles. The second-order valence-electron chi connectivity index (χ2n) is 7.35. The van der Waals surface area contributed by atoms with Crippen LogP contribution in [0.2, 0.25) is 0 Å². The molecule has 0 fully saturated rings. The highest BCUT2D eigenvalue weighted by molar-refractivity contribution is 5.98.